The normalized spacial score (nSPS) is 18.3. The number of carbonyl (C=O) groups excluding carboxylic acids is 1. The van der Waals surface area contributed by atoms with Crippen LogP contribution in [0.3, 0.4) is 0 Å². The van der Waals surface area contributed by atoms with E-state index in [9.17, 15) is 23.5 Å². The molecule has 2 N–H and O–H groups in total. The van der Waals surface area contributed by atoms with E-state index in [4.69, 9.17) is 4.74 Å². The van der Waals surface area contributed by atoms with Crippen molar-refractivity contribution in [1.29, 1.82) is 0 Å². The molecule has 160 valence electrons. The number of aliphatic hydroxyl groups excluding tert-OH is 1. The number of pyridine rings is 2. The lowest BCUT2D eigenvalue weighted by Crippen LogP contribution is -2.44. The van der Waals surface area contributed by atoms with E-state index in [0.29, 0.717) is 11.3 Å². The Morgan fingerprint density at radius 2 is 2.10 bits per heavy atom. The van der Waals surface area contributed by atoms with Gasteiger partial charge in [0.15, 0.2) is 0 Å². The van der Waals surface area contributed by atoms with Crippen LogP contribution in [0.15, 0.2) is 53.7 Å². The predicted molar refractivity (Wildman–Crippen MR) is 104 cm³/mol. The van der Waals surface area contributed by atoms with Crippen LogP contribution >= 0.6 is 0 Å². The van der Waals surface area contributed by atoms with Crippen molar-refractivity contribution in [2.24, 2.45) is 0 Å². The number of hydrogen-bond acceptors (Lipinski definition) is 7. The minimum atomic E-state index is -2.73. The van der Waals surface area contributed by atoms with E-state index in [-0.39, 0.29) is 24.5 Å². The Morgan fingerprint density at radius 1 is 1.26 bits per heavy atom. The van der Waals surface area contributed by atoms with Crippen LogP contribution < -0.4 is 10.9 Å². The molecule has 0 bridgehead atoms. The smallest absolute Gasteiger partial charge is 0.284 e. The molecular formula is C20H17F2N5O4. The Morgan fingerprint density at radius 3 is 2.71 bits per heavy atom. The lowest BCUT2D eigenvalue weighted by Gasteiger charge is -2.15. The highest BCUT2D eigenvalue weighted by Gasteiger charge is 2.29. The zero-order chi connectivity index (χ0) is 22.0. The Labute approximate surface area is 174 Å². The van der Waals surface area contributed by atoms with Gasteiger partial charge >= 0.3 is 0 Å². The standard InChI is InChI=1S/C20H17F2N5O4/c21-18(22)14-4-3-11(7-24-14)15-6-13(19(29)25-16-9-31-10-17(16)28)20(30)27(26-15)12-2-1-5-23-8-12/h1-8,16-18,28H,9-10H2,(H,25,29)/t16-,17+/m1/s1. The van der Waals surface area contributed by atoms with Crippen molar-refractivity contribution in [1.82, 2.24) is 25.1 Å². The highest BCUT2D eigenvalue weighted by Crippen LogP contribution is 2.21. The zero-order valence-corrected chi connectivity index (χ0v) is 16.0. The van der Waals surface area contributed by atoms with Gasteiger partial charge in [0.1, 0.15) is 11.3 Å². The molecule has 0 radical (unpaired) electrons. The van der Waals surface area contributed by atoms with Crippen molar-refractivity contribution >= 4 is 5.91 Å². The van der Waals surface area contributed by atoms with Crippen molar-refractivity contribution in [3.8, 4) is 16.9 Å². The molecule has 3 aromatic heterocycles. The molecule has 1 amide bonds. The largest absolute Gasteiger partial charge is 0.388 e. The molecule has 1 fully saturated rings. The second-order valence-corrected chi connectivity index (χ2v) is 6.83. The van der Waals surface area contributed by atoms with Crippen LogP contribution in [0, 0.1) is 0 Å². The molecule has 4 heterocycles. The summed E-state index contributed by atoms with van der Waals surface area (Å²) < 4.78 is 31.8. The number of alkyl halides is 2. The summed E-state index contributed by atoms with van der Waals surface area (Å²) in [5.74, 6) is -0.724. The minimum absolute atomic E-state index is 0.0780. The maximum absolute atomic E-state index is 13.0. The van der Waals surface area contributed by atoms with E-state index >= 15 is 0 Å². The number of carbonyl (C=O) groups is 1. The molecule has 1 aliphatic heterocycles. The second kappa shape index (κ2) is 8.66. The summed E-state index contributed by atoms with van der Waals surface area (Å²) in [6.45, 7) is 0.190. The number of nitrogens with zero attached hydrogens (tertiary/aromatic N) is 4. The molecule has 9 nitrogen and oxygen atoms in total. The summed E-state index contributed by atoms with van der Waals surface area (Å²) in [6.07, 6.45) is 0.482. The summed E-state index contributed by atoms with van der Waals surface area (Å²) in [5.41, 5.74) is -0.543. The third kappa shape index (κ3) is 4.32. The molecule has 4 rings (SSSR count). The molecule has 0 spiro atoms. The van der Waals surface area contributed by atoms with E-state index < -0.39 is 35.7 Å². The number of halogens is 2. The fourth-order valence-corrected chi connectivity index (χ4v) is 3.07. The first-order valence-corrected chi connectivity index (χ1v) is 9.30. The molecule has 0 aromatic carbocycles. The van der Waals surface area contributed by atoms with Crippen LogP contribution in [0.5, 0.6) is 0 Å². The van der Waals surface area contributed by atoms with Crippen molar-refractivity contribution in [3.63, 3.8) is 0 Å². The molecule has 3 aromatic rings. The predicted octanol–water partition coefficient (Wildman–Crippen LogP) is 1.12. The first kappa shape index (κ1) is 20.7. The van der Waals surface area contributed by atoms with Crippen molar-refractivity contribution in [2.75, 3.05) is 13.2 Å². The Balaban J connectivity index is 1.79. The van der Waals surface area contributed by atoms with Gasteiger partial charge in [0, 0.05) is 18.0 Å². The van der Waals surface area contributed by atoms with E-state index in [0.717, 1.165) is 10.7 Å². The topological polar surface area (TPSA) is 119 Å². The quantitative estimate of drug-likeness (QED) is 0.624. The number of rotatable bonds is 5. The molecule has 2 atom stereocenters. The number of hydrogen-bond donors (Lipinski definition) is 2. The summed E-state index contributed by atoms with van der Waals surface area (Å²) in [6, 6.07) is 6.30. The fourth-order valence-electron chi connectivity index (χ4n) is 3.07. The highest BCUT2D eigenvalue weighted by atomic mass is 19.3. The zero-order valence-electron chi connectivity index (χ0n) is 16.0. The van der Waals surface area contributed by atoms with Gasteiger partial charge < -0.3 is 15.2 Å². The summed E-state index contributed by atoms with van der Waals surface area (Å²) in [5, 5.41) is 16.7. The number of nitrogens with one attached hydrogen (secondary N) is 1. The average Bonchev–Trinajstić information content (AvgIpc) is 3.18. The van der Waals surface area contributed by atoms with Gasteiger partial charge in [0.05, 0.1) is 42.9 Å². The summed E-state index contributed by atoms with van der Waals surface area (Å²) >= 11 is 0. The number of aromatic nitrogens is 4. The van der Waals surface area contributed by atoms with Crippen LogP contribution in [-0.2, 0) is 4.74 Å². The summed E-state index contributed by atoms with van der Waals surface area (Å²) in [7, 11) is 0. The molecule has 0 saturated carbocycles. The Bertz CT molecular complexity index is 1140. The maximum Gasteiger partial charge on any atom is 0.284 e. The third-order valence-electron chi connectivity index (χ3n) is 4.72. The maximum atomic E-state index is 13.0. The lowest BCUT2D eigenvalue weighted by molar-refractivity contribution is 0.0884. The van der Waals surface area contributed by atoms with Gasteiger partial charge in [0.2, 0.25) is 0 Å². The van der Waals surface area contributed by atoms with Crippen LogP contribution in [0.25, 0.3) is 16.9 Å². The molecule has 0 unspecified atom stereocenters. The first-order valence-electron chi connectivity index (χ1n) is 9.30. The van der Waals surface area contributed by atoms with E-state index in [2.05, 4.69) is 20.4 Å². The van der Waals surface area contributed by atoms with Crippen LogP contribution in [0.1, 0.15) is 22.5 Å². The van der Waals surface area contributed by atoms with Gasteiger partial charge in [-0.05, 0) is 30.3 Å². The lowest BCUT2D eigenvalue weighted by atomic mass is 10.1. The summed E-state index contributed by atoms with van der Waals surface area (Å²) in [4.78, 5) is 33.5. The minimum Gasteiger partial charge on any atom is -0.388 e. The first-order chi connectivity index (χ1) is 14.9. The monoisotopic (exact) mass is 429 g/mol. The van der Waals surface area contributed by atoms with Gasteiger partial charge in [0.25, 0.3) is 17.9 Å². The number of amides is 1. The van der Waals surface area contributed by atoms with E-state index in [1.165, 1.54) is 30.7 Å². The molecule has 31 heavy (non-hydrogen) atoms. The molecule has 0 aliphatic carbocycles. The van der Waals surface area contributed by atoms with E-state index in [1.807, 2.05) is 0 Å². The second-order valence-electron chi connectivity index (χ2n) is 6.83. The Kier molecular flexibility index (Phi) is 5.78. The van der Waals surface area contributed by atoms with Crippen LogP contribution in [0.4, 0.5) is 8.78 Å². The number of ether oxygens (including phenoxy) is 1. The van der Waals surface area contributed by atoms with Crippen molar-refractivity contribution in [2.45, 2.75) is 18.6 Å². The molecule has 1 aliphatic rings. The SMILES string of the molecule is O=C(N[C@@H]1COC[C@@H]1O)c1cc(-c2ccc(C(F)F)nc2)nn(-c2cccnc2)c1=O. The van der Waals surface area contributed by atoms with Crippen LogP contribution in [-0.4, -0.2) is 56.1 Å². The molecule has 11 heteroatoms. The highest BCUT2D eigenvalue weighted by molar-refractivity contribution is 5.95. The van der Waals surface area contributed by atoms with Gasteiger partial charge in [-0.25, -0.2) is 8.78 Å². The molecular weight excluding hydrogens is 412 g/mol. The fraction of sp³-hybridized carbons (Fsp3) is 0.250. The average molecular weight is 429 g/mol. The van der Waals surface area contributed by atoms with Gasteiger partial charge in [-0.15, -0.1) is 0 Å². The number of aliphatic hydroxyl groups is 1. The van der Waals surface area contributed by atoms with Gasteiger partial charge in [-0.3, -0.25) is 19.6 Å². The van der Waals surface area contributed by atoms with Crippen molar-refractivity contribution in [3.05, 3.63) is 70.5 Å². The van der Waals surface area contributed by atoms with Crippen LogP contribution in [0.2, 0.25) is 0 Å². The third-order valence-corrected chi connectivity index (χ3v) is 4.72. The van der Waals surface area contributed by atoms with Crippen molar-refractivity contribution < 1.29 is 23.4 Å². The van der Waals surface area contributed by atoms with Gasteiger partial charge in [-0.1, -0.05) is 0 Å². The van der Waals surface area contributed by atoms with E-state index in [1.54, 1.807) is 12.1 Å². The Hall–Kier alpha value is -3.57. The van der Waals surface area contributed by atoms with Gasteiger partial charge in [-0.2, -0.15) is 9.78 Å². The molecule has 1 saturated heterocycles.